The van der Waals surface area contributed by atoms with E-state index >= 15 is 0 Å². The highest BCUT2D eigenvalue weighted by Gasteiger charge is 2.32. The molecule has 0 heterocycles. The van der Waals surface area contributed by atoms with E-state index in [4.69, 9.17) is 5.73 Å². The first kappa shape index (κ1) is 20.3. The zero-order valence-electron chi connectivity index (χ0n) is 14.0. The molecule has 1 aromatic carbocycles. The summed E-state index contributed by atoms with van der Waals surface area (Å²) in [5.41, 5.74) is 3.94. The predicted octanol–water partition coefficient (Wildman–Crippen LogP) is 1.78. The highest BCUT2D eigenvalue weighted by Crippen LogP contribution is 2.33. The van der Waals surface area contributed by atoms with Gasteiger partial charge >= 0.3 is 5.69 Å². The van der Waals surface area contributed by atoms with Crippen LogP contribution in [0.4, 0.5) is 10.1 Å². The van der Waals surface area contributed by atoms with Crippen molar-refractivity contribution in [2.45, 2.75) is 37.6 Å². The van der Waals surface area contributed by atoms with Crippen LogP contribution in [0.2, 0.25) is 0 Å². The van der Waals surface area contributed by atoms with Gasteiger partial charge in [-0.1, -0.05) is 13.8 Å². The van der Waals surface area contributed by atoms with E-state index in [1.807, 2.05) is 13.8 Å². The number of benzene rings is 1. The zero-order valence-corrected chi connectivity index (χ0v) is 14.8. The van der Waals surface area contributed by atoms with E-state index in [1.54, 1.807) is 6.92 Å². The third-order valence-electron chi connectivity index (χ3n) is 3.40. The number of nitrogens with two attached hydrogens (primary N) is 1. The molecule has 0 bridgehead atoms. The van der Waals surface area contributed by atoms with Gasteiger partial charge in [-0.2, -0.15) is 0 Å². The van der Waals surface area contributed by atoms with Crippen LogP contribution in [0.25, 0.3) is 0 Å². The monoisotopic (exact) mass is 363 g/mol. The third kappa shape index (κ3) is 4.62. The summed E-state index contributed by atoms with van der Waals surface area (Å²) in [5.74, 6) is -1.60. The summed E-state index contributed by atoms with van der Waals surface area (Å²) in [5, 5.41) is 11.0. The molecule has 3 N–H and O–H groups in total. The fourth-order valence-corrected chi connectivity index (χ4v) is 3.96. The number of nitrogens with zero attached hydrogens (tertiary/aromatic N) is 1. The summed E-state index contributed by atoms with van der Waals surface area (Å²) < 4.78 is 46.1. The van der Waals surface area contributed by atoms with Gasteiger partial charge in [0.1, 0.15) is 0 Å². The SMILES string of the molecule is COc1c(F)cc(S(=O)(=O)NC(C)(CN)CC(C)C)cc1[N+](=O)[O-]. The average molecular weight is 363 g/mol. The first-order valence-corrected chi connectivity index (χ1v) is 8.70. The molecule has 0 amide bonds. The molecule has 0 radical (unpaired) electrons. The van der Waals surface area contributed by atoms with Crippen LogP contribution in [0.1, 0.15) is 27.2 Å². The molecule has 24 heavy (non-hydrogen) atoms. The summed E-state index contributed by atoms with van der Waals surface area (Å²) in [6, 6.07) is 1.44. The van der Waals surface area contributed by atoms with Gasteiger partial charge in [-0.15, -0.1) is 0 Å². The Kier molecular flexibility index (Phi) is 6.26. The number of nitrogens with one attached hydrogen (secondary N) is 1. The standard InChI is InChI=1S/C14H22FN3O5S/c1-9(2)7-14(3,8-16)17-24(21,22)10-5-11(15)13(23-4)12(6-10)18(19)20/h5-6,9,17H,7-8,16H2,1-4H3. The maximum atomic E-state index is 14.0. The highest BCUT2D eigenvalue weighted by atomic mass is 32.2. The largest absolute Gasteiger partial charge is 0.488 e. The fraction of sp³-hybridized carbons (Fsp3) is 0.571. The molecule has 0 aliphatic heterocycles. The lowest BCUT2D eigenvalue weighted by atomic mass is 9.92. The lowest BCUT2D eigenvalue weighted by molar-refractivity contribution is -0.386. The van der Waals surface area contributed by atoms with Gasteiger partial charge in [0.25, 0.3) is 0 Å². The number of hydrogen-bond acceptors (Lipinski definition) is 6. The highest BCUT2D eigenvalue weighted by molar-refractivity contribution is 7.89. The van der Waals surface area contributed by atoms with Crippen LogP contribution in [0.15, 0.2) is 17.0 Å². The number of sulfonamides is 1. The first-order chi connectivity index (χ1) is 11.0. The minimum absolute atomic E-state index is 0.0190. The molecule has 0 saturated heterocycles. The maximum Gasteiger partial charge on any atom is 0.315 e. The number of hydrogen-bond donors (Lipinski definition) is 2. The second kappa shape index (κ2) is 7.41. The van der Waals surface area contributed by atoms with Gasteiger partial charge in [0.05, 0.1) is 16.9 Å². The molecule has 0 aliphatic carbocycles. The normalized spacial score (nSPS) is 14.5. The van der Waals surface area contributed by atoms with Crippen LogP contribution >= 0.6 is 0 Å². The van der Waals surface area contributed by atoms with E-state index in [2.05, 4.69) is 9.46 Å². The number of nitro benzene ring substituents is 1. The smallest absolute Gasteiger partial charge is 0.315 e. The van der Waals surface area contributed by atoms with Crippen molar-refractivity contribution >= 4 is 15.7 Å². The lowest BCUT2D eigenvalue weighted by Crippen LogP contribution is -2.52. The lowest BCUT2D eigenvalue weighted by Gasteiger charge is -2.30. The molecule has 1 unspecified atom stereocenters. The van der Waals surface area contributed by atoms with E-state index in [1.165, 1.54) is 0 Å². The second-order valence-corrected chi connectivity index (χ2v) is 7.87. The van der Waals surface area contributed by atoms with Crippen LogP contribution in [-0.2, 0) is 10.0 Å². The summed E-state index contributed by atoms with van der Waals surface area (Å²) in [6.07, 6.45) is 0.448. The Hall–Kier alpha value is -1.78. The van der Waals surface area contributed by atoms with Crippen molar-refractivity contribution in [2.75, 3.05) is 13.7 Å². The zero-order chi connectivity index (χ0) is 18.7. The van der Waals surface area contributed by atoms with E-state index in [0.29, 0.717) is 12.5 Å². The summed E-state index contributed by atoms with van der Waals surface area (Å²) in [6.45, 7) is 5.45. The molecule has 0 fully saturated rings. The van der Waals surface area contributed by atoms with Crippen molar-refractivity contribution < 1.29 is 22.5 Å². The molecule has 10 heteroatoms. The van der Waals surface area contributed by atoms with Crippen molar-refractivity contribution in [1.29, 1.82) is 0 Å². The Morgan fingerprint density at radius 2 is 2.04 bits per heavy atom. The van der Waals surface area contributed by atoms with Crippen LogP contribution in [0.5, 0.6) is 5.75 Å². The molecule has 8 nitrogen and oxygen atoms in total. The second-order valence-electron chi connectivity index (χ2n) is 6.18. The quantitative estimate of drug-likeness (QED) is 0.536. The van der Waals surface area contributed by atoms with Gasteiger partial charge in [-0.25, -0.2) is 17.5 Å². The molecule has 0 aliphatic rings. The van der Waals surface area contributed by atoms with Crippen molar-refractivity contribution in [3.05, 3.63) is 28.1 Å². The van der Waals surface area contributed by atoms with E-state index in [0.717, 1.165) is 13.2 Å². The predicted molar refractivity (Wildman–Crippen MR) is 86.8 cm³/mol. The van der Waals surface area contributed by atoms with Crippen LogP contribution in [-0.4, -0.2) is 32.5 Å². The molecule has 136 valence electrons. The number of rotatable bonds is 8. The number of halogens is 1. The van der Waals surface area contributed by atoms with E-state index in [9.17, 15) is 22.9 Å². The molecule has 0 spiro atoms. The van der Waals surface area contributed by atoms with Gasteiger partial charge in [-0.05, 0) is 25.3 Å². The third-order valence-corrected chi connectivity index (χ3v) is 5.02. The van der Waals surface area contributed by atoms with Gasteiger partial charge in [0.2, 0.25) is 15.8 Å². The topological polar surface area (TPSA) is 125 Å². The van der Waals surface area contributed by atoms with E-state index < -0.39 is 42.6 Å². The van der Waals surface area contributed by atoms with Crippen molar-refractivity contribution in [2.24, 2.45) is 11.7 Å². The maximum absolute atomic E-state index is 14.0. The van der Waals surface area contributed by atoms with E-state index in [-0.39, 0.29) is 12.5 Å². The Balaban J connectivity index is 3.36. The number of nitro groups is 1. The minimum Gasteiger partial charge on any atom is -0.488 e. The fourth-order valence-electron chi connectivity index (χ4n) is 2.50. The Morgan fingerprint density at radius 1 is 1.46 bits per heavy atom. The first-order valence-electron chi connectivity index (χ1n) is 7.21. The van der Waals surface area contributed by atoms with Crippen LogP contribution in [0, 0.1) is 21.8 Å². The summed E-state index contributed by atoms with van der Waals surface area (Å²) >= 11 is 0. The van der Waals surface area contributed by atoms with Crippen molar-refractivity contribution in [3.8, 4) is 5.75 Å². The number of ether oxygens (including phenoxy) is 1. The number of methoxy groups -OCH3 is 1. The van der Waals surface area contributed by atoms with Crippen LogP contribution in [0.3, 0.4) is 0 Å². The van der Waals surface area contributed by atoms with Gasteiger partial charge < -0.3 is 10.5 Å². The van der Waals surface area contributed by atoms with Gasteiger partial charge in [0.15, 0.2) is 5.82 Å². The Morgan fingerprint density at radius 3 is 2.46 bits per heavy atom. The molecule has 1 aromatic rings. The van der Waals surface area contributed by atoms with Crippen molar-refractivity contribution in [1.82, 2.24) is 4.72 Å². The van der Waals surface area contributed by atoms with Crippen LogP contribution < -0.4 is 15.2 Å². The summed E-state index contributed by atoms with van der Waals surface area (Å²) in [4.78, 5) is 9.56. The Bertz CT molecular complexity index is 723. The molecular formula is C14H22FN3O5S. The van der Waals surface area contributed by atoms with Crippen molar-refractivity contribution in [3.63, 3.8) is 0 Å². The van der Waals surface area contributed by atoms with Gasteiger partial charge in [0, 0.05) is 18.2 Å². The molecule has 0 saturated carbocycles. The average Bonchev–Trinajstić information content (AvgIpc) is 2.44. The molecule has 1 atom stereocenters. The molecule has 0 aromatic heterocycles. The Labute approximate surface area is 140 Å². The molecular weight excluding hydrogens is 341 g/mol. The van der Waals surface area contributed by atoms with Gasteiger partial charge in [-0.3, -0.25) is 10.1 Å². The molecule has 1 rings (SSSR count). The minimum atomic E-state index is -4.21. The summed E-state index contributed by atoms with van der Waals surface area (Å²) in [7, 11) is -3.15.